The molecule has 7 nitrogen and oxygen atoms in total. The molecule has 0 N–H and O–H groups in total. The van der Waals surface area contributed by atoms with Crippen LogP contribution in [0.15, 0.2) is 28.8 Å². The van der Waals surface area contributed by atoms with E-state index in [1.165, 1.54) is 23.3 Å². The van der Waals surface area contributed by atoms with Crippen LogP contribution in [0.5, 0.6) is 11.5 Å². The number of ether oxygens (including phenoxy) is 2. The van der Waals surface area contributed by atoms with Gasteiger partial charge in [0.2, 0.25) is 18.5 Å². The lowest BCUT2D eigenvalue weighted by atomic mass is 9.96. The fourth-order valence-corrected chi connectivity index (χ4v) is 5.86. The first-order valence-electron chi connectivity index (χ1n) is 10.9. The predicted octanol–water partition coefficient (Wildman–Crippen LogP) is 4.43. The number of benzene rings is 1. The van der Waals surface area contributed by atoms with Crippen molar-refractivity contribution in [3.63, 3.8) is 0 Å². The van der Waals surface area contributed by atoms with Gasteiger partial charge in [0.15, 0.2) is 11.5 Å². The summed E-state index contributed by atoms with van der Waals surface area (Å²) in [5, 5.41) is 4.16. The molecule has 0 spiro atoms. The van der Waals surface area contributed by atoms with E-state index in [2.05, 4.69) is 16.2 Å². The number of aromatic nitrogens is 2. The molecule has 0 bridgehead atoms. The zero-order valence-electron chi connectivity index (χ0n) is 17.1. The molecule has 1 fully saturated rings. The van der Waals surface area contributed by atoms with Crippen LogP contribution in [0.4, 0.5) is 0 Å². The highest BCUT2D eigenvalue weighted by atomic mass is 32.1. The first kappa shape index (κ1) is 18.9. The Morgan fingerprint density at radius 1 is 1.06 bits per heavy atom. The first-order chi connectivity index (χ1) is 15.2. The maximum absolute atomic E-state index is 13.0. The van der Waals surface area contributed by atoms with E-state index in [0.29, 0.717) is 30.6 Å². The van der Waals surface area contributed by atoms with E-state index in [9.17, 15) is 4.79 Å². The van der Waals surface area contributed by atoms with Gasteiger partial charge in [-0.25, -0.2) is 0 Å². The number of rotatable bonds is 3. The van der Waals surface area contributed by atoms with Crippen molar-refractivity contribution in [1.29, 1.82) is 0 Å². The molecule has 0 saturated carbocycles. The molecule has 1 aromatic carbocycles. The molecule has 6 rings (SSSR count). The number of amides is 1. The molecule has 160 valence electrons. The Morgan fingerprint density at radius 3 is 2.77 bits per heavy atom. The average Bonchev–Trinajstić information content (AvgIpc) is 3.57. The monoisotopic (exact) mass is 437 g/mol. The van der Waals surface area contributed by atoms with Gasteiger partial charge in [-0.2, -0.15) is 4.98 Å². The Labute approximate surface area is 184 Å². The summed E-state index contributed by atoms with van der Waals surface area (Å²) < 4.78 is 16.4. The van der Waals surface area contributed by atoms with Crippen molar-refractivity contribution >= 4 is 17.2 Å². The normalized spacial score (nSPS) is 18.3. The molecular formula is C23H23N3O4S. The zero-order chi connectivity index (χ0) is 20.8. The fourth-order valence-electron chi connectivity index (χ4n) is 4.64. The molecule has 0 radical (unpaired) electrons. The number of fused-ring (bicyclic) bond motifs is 2. The largest absolute Gasteiger partial charge is 0.454 e. The van der Waals surface area contributed by atoms with Crippen LogP contribution < -0.4 is 9.47 Å². The van der Waals surface area contributed by atoms with Crippen LogP contribution in [0.2, 0.25) is 0 Å². The summed E-state index contributed by atoms with van der Waals surface area (Å²) in [7, 11) is 0. The third kappa shape index (κ3) is 3.48. The molecule has 0 atom stereocenters. The molecule has 1 amide bonds. The van der Waals surface area contributed by atoms with Crippen LogP contribution >= 0.6 is 11.3 Å². The summed E-state index contributed by atoms with van der Waals surface area (Å²) in [6, 6.07) is 7.77. The molecule has 0 unspecified atom stereocenters. The number of thiophene rings is 1. The fraction of sp³-hybridized carbons (Fsp3) is 0.435. The summed E-state index contributed by atoms with van der Waals surface area (Å²) in [6.45, 7) is 1.67. The minimum atomic E-state index is 0.171. The van der Waals surface area contributed by atoms with Crippen LogP contribution in [0, 0.1) is 0 Å². The number of carbonyl (C=O) groups excluding carboxylic acids is 1. The van der Waals surface area contributed by atoms with Crippen molar-refractivity contribution in [2.24, 2.45) is 0 Å². The van der Waals surface area contributed by atoms with Gasteiger partial charge in [-0.1, -0.05) is 5.16 Å². The van der Waals surface area contributed by atoms with Gasteiger partial charge in [0, 0.05) is 29.4 Å². The summed E-state index contributed by atoms with van der Waals surface area (Å²) in [5.74, 6) is 2.98. The van der Waals surface area contributed by atoms with Gasteiger partial charge in [-0.05, 0) is 68.4 Å². The predicted molar refractivity (Wildman–Crippen MR) is 115 cm³/mol. The van der Waals surface area contributed by atoms with Crippen LogP contribution in [0.1, 0.15) is 57.6 Å². The SMILES string of the molecule is O=C(c1cc2c(s1)CCCC2)N1CCC(c2nc(-c3ccc4c(c3)OCO4)no2)CC1. The number of carbonyl (C=O) groups is 1. The van der Waals surface area contributed by atoms with Crippen LogP contribution in [-0.4, -0.2) is 40.8 Å². The first-order valence-corrected chi connectivity index (χ1v) is 11.7. The molecule has 4 heterocycles. The summed E-state index contributed by atoms with van der Waals surface area (Å²) >= 11 is 1.69. The second kappa shape index (κ2) is 7.67. The third-order valence-electron chi connectivity index (χ3n) is 6.41. The Morgan fingerprint density at radius 2 is 1.90 bits per heavy atom. The van der Waals surface area contributed by atoms with Gasteiger partial charge < -0.3 is 18.9 Å². The van der Waals surface area contributed by atoms with Crippen LogP contribution in [0.25, 0.3) is 11.4 Å². The maximum atomic E-state index is 13.0. The standard InChI is InChI=1S/C23H23N3O4S/c27-23(20-12-15-3-1-2-4-19(15)31-20)26-9-7-14(8-10-26)22-24-21(25-30-22)16-5-6-17-18(11-16)29-13-28-17/h5-6,11-12,14H,1-4,7-10,13H2. The Kier molecular flexibility index (Phi) is 4.67. The van der Waals surface area contributed by atoms with E-state index in [0.717, 1.165) is 41.9 Å². The maximum Gasteiger partial charge on any atom is 0.263 e. The number of hydrogen-bond acceptors (Lipinski definition) is 7. The van der Waals surface area contributed by atoms with Gasteiger partial charge in [0.25, 0.3) is 5.91 Å². The number of hydrogen-bond donors (Lipinski definition) is 0. The molecule has 1 aliphatic carbocycles. The topological polar surface area (TPSA) is 77.7 Å². The van der Waals surface area contributed by atoms with Crippen molar-refractivity contribution in [2.75, 3.05) is 19.9 Å². The average molecular weight is 438 g/mol. The molecule has 2 aromatic heterocycles. The van der Waals surface area contributed by atoms with E-state index in [1.807, 2.05) is 23.1 Å². The number of piperidine rings is 1. The lowest BCUT2D eigenvalue weighted by molar-refractivity contribution is 0.0709. The molecule has 8 heteroatoms. The van der Waals surface area contributed by atoms with E-state index in [-0.39, 0.29) is 18.6 Å². The van der Waals surface area contributed by atoms with Gasteiger partial charge in [0.1, 0.15) is 0 Å². The van der Waals surface area contributed by atoms with Gasteiger partial charge in [-0.15, -0.1) is 11.3 Å². The van der Waals surface area contributed by atoms with Gasteiger partial charge >= 0.3 is 0 Å². The third-order valence-corrected chi connectivity index (χ3v) is 7.64. The van der Waals surface area contributed by atoms with E-state index < -0.39 is 0 Å². The molecule has 2 aliphatic heterocycles. The Hall–Kier alpha value is -2.87. The second-order valence-corrected chi connectivity index (χ2v) is 9.49. The number of nitrogens with zero attached hydrogens (tertiary/aromatic N) is 3. The van der Waals surface area contributed by atoms with Crippen molar-refractivity contribution in [2.45, 2.75) is 44.4 Å². The van der Waals surface area contributed by atoms with Crippen LogP contribution in [-0.2, 0) is 12.8 Å². The number of likely N-dealkylation sites (tertiary alicyclic amines) is 1. The molecule has 1 saturated heterocycles. The number of aryl methyl sites for hydroxylation is 2. The van der Waals surface area contributed by atoms with Crippen molar-refractivity contribution < 1.29 is 18.8 Å². The molecular weight excluding hydrogens is 414 g/mol. The van der Waals surface area contributed by atoms with Crippen molar-refractivity contribution in [1.82, 2.24) is 15.0 Å². The van der Waals surface area contributed by atoms with E-state index >= 15 is 0 Å². The molecule has 31 heavy (non-hydrogen) atoms. The quantitative estimate of drug-likeness (QED) is 0.603. The Bertz CT molecular complexity index is 1110. The van der Waals surface area contributed by atoms with Gasteiger partial charge in [-0.3, -0.25) is 4.79 Å². The highest BCUT2D eigenvalue weighted by Gasteiger charge is 2.29. The smallest absolute Gasteiger partial charge is 0.263 e. The summed E-state index contributed by atoms with van der Waals surface area (Å²) in [4.78, 5) is 21.9. The van der Waals surface area contributed by atoms with Gasteiger partial charge in [0.05, 0.1) is 4.88 Å². The minimum absolute atomic E-state index is 0.171. The Balaban J connectivity index is 1.11. The van der Waals surface area contributed by atoms with E-state index in [4.69, 9.17) is 14.0 Å². The zero-order valence-corrected chi connectivity index (χ0v) is 18.0. The lowest BCUT2D eigenvalue weighted by Gasteiger charge is -2.30. The van der Waals surface area contributed by atoms with Crippen molar-refractivity contribution in [3.8, 4) is 22.9 Å². The summed E-state index contributed by atoms with van der Waals surface area (Å²) in [5.41, 5.74) is 2.23. The lowest BCUT2D eigenvalue weighted by Crippen LogP contribution is -2.37. The summed E-state index contributed by atoms with van der Waals surface area (Å²) in [6.07, 6.45) is 6.38. The van der Waals surface area contributed by atoms with Crippen molar-refractivity contribution in [3.05, 3.63) is 45.5 Å². The molecule has 3 aliphatic rings. The molecule has 3 aromatic rings. The van der Waals surface area contributed by atoms with Crippen LogP contribution in [0.3, 0.4) is 0 Å². The van der Waals surface area contributed by atoms with E-state index in [1.54, 1.807) is 11.3 Å². The second-order valence-electron chi connectivity index (χ2n) is 8.36. The highest BCUT2D eigenvalue weighted by Crippen LogP contribution is 2.36. The highest BCUT2D eigenvalue weighted by molar-refractivity contribution is 7.14. The minimum Gasteiger partial charge on any atom is -0.454 e.